The summed E-state index contributed by atoms with van der Waals surface area (Å²) < 4.78 is 11.0. The van der Waals surface area contributed by atoms with Crippen molar-refractivity contribution in [3.05, 3.63) is 29.8 Å². The molecule has 0 bridgehead atoms. The average Bonchev–Trinajstić information content (AvgIpc) is 2.47. The summed E-state index contributed by atoms with van der Waals surface area (Å²) in [5.41, 5.74) is 0.433. The first-order chi connectivity index (χ1) is 9.61. The van der Waals surface area contributed by atoms with Gasteiger partial charge in [-0.05, 0) is 26.0 Å². The van der Waals surface area contributed by atoms with Crippen LogP contribution >= 0.6 is 0 Å². The molecule has 1 aromatic rings. The maximum Gasteiger partial charge on any atom is 0.263 e. The Morgan fingerprint density at radius 2 is 2.30 bits per heavy atom. The number of carbonyl (C=O) groups is 1. The fourth-order valence-corrected chi connectivity index (χ4v) is 2.18. The molecule has 5 heteroatoms. The average molecular weight is 274 g/mol. The van der Waals surface area contributed by atoms with E-state index in [0.29, 0.717) is 31.0 Å². The van der Waals surface area contributed by atoms with E-state index >= 15 is 0 Å². The second-order valence-electron chi connectivity index (χ2n) is 4.83. The van der Waals surface area contributed by atoms with E-state index in [1.807, 2.05) is 6.92 Å². The van der Waals surface area contributed by atoms with Gasteiger partial charge in [0.1, 0.15) is 11.8 Å². The minimum Gasteiger partial charge on any atom is -0.480 e. The molecule has 2 atom stereocenters. The van der Waals surface area contributed by atoms with Crippen LogP contribution in [-0.2, 0) is 9.53 Å². The topological polar surface area (TPSA) is 62.6 Å². The van der Waals surface area contributed by atoms with Gasteiger partial charge in [0.25, 0.3) is 5.91 Å². The highest BCUT2D eigenvalue weighted by Gasteiger charge is 2.26. The summed E-state index contributed by atoms with van der Waals surface area (Å²) in [4.78, 5) is 14.1. The number of morpholine rings is 1. The van der Waals surface area contributed by atoms with Crippen molar-refractivity contribution >= 4 is 5.91 Å². The Hall–Kier alpha value is -2.06. The maximum absolute atomic E-state index is 12.3. The molecule has 106 valence electrons. The van der Waals surface area contributed by atoms with E-state index in [1.165, 1.54) is 0 Å². The summed E-state index contributed by atoms with van der Waals surface area (Å²) in [6.45, 7) is 5.35. The SMILES string of the molecule is C[C@H](Oc1ccccc1C#N)C(=O)N1CCO[C@@H](C)C1. The molecule has 1 heterocycles. The van der Waals surface area contributed by atoms with Gasteiger partial charge in [-0.15, -0.1) is 0 Å². The van der Waals surface area contributed by atoms with E-state index < -0.39 is 6.10 Å². The fraction of sp³-hybridized carbons (Fsp3) is 0.467. The van der Waals surface area contributed by atoms with Crippen molar-refractivity contribution in [3.8, 4) is 11.8 Å². The van der Waals surface area contributed by atoms with E-state index in [9.17, 15) is 4.79 Å². The third kappa shape index (κ3) is 3.28. The third-order valence-electron chi connectivity index (χ3n) is 3.21. The van der Waals surface area contributed by atoms with Crippen molar-refractivity contribution in [2.45, 2.75) is 26.1 Å². The van der Waals surface area contributed by atoms with Gasteiger partial charge < -0.3 is 14.4 Å². The van der Waals surface area contributed by atoms with Crippen LogP contribution in [0, 0.1) is 11.3 Å². The zero-order valence-electron chi connectivity index (χ0n) is 11.7. The summed E-state index contributed by atoms with van der Waals surface area (Å²) >= 11 is 0. The molecule has 0 aromatic heterocycles. The van der Waals surface area contributed by atoms with Crippen LogP contribution in [0.5, 0.6) is 5.75 Å². The maximum atomic E-state index is 12.3. The highest BCUT2D eigenvalue weighted by Crippen LogP contribution is 2.19. The number of hydrogen-bond donors (Lipinski definition) is 0. The Bertz CT molecular complexity index is 524. The zero-order valence-corrected chi connectivity index (χ0v) is 11.7. The van der Waals surface area contributed by atoms with E-state index in [0.717, 1.165) is 0 Å². The van der Waals surface area contributed by atoms with Crippen molar-refractivity contribution < 1.29 is 14.3 Å². The minimum absolute atomic E-state index is 0.0475. The van der Waals surface area contributed by atoms with Gasteiger partial charge in [0.05, 0.1) is 18.3 Å². The second-order valence-corrected chi connectivity index (χ2v) is 4.83. The summed E-state index contributed by atoms with van der Waals surface area (Å²) in [5, 5.41) is 9.01. The van der Waals surface area contributed by atoms with Crippen molar-refractivity contribution in [1.29, 1.82) is 5.26 Å². The first-order valence-corrected chi connectivity index (χ1v) is 6.68. The summed E-state index contributed by atoms with van der Waals surface area (Å²) in [6.07, 6.45) is -0.568. The standard InChI is InChI=1S/C15H18N2O3/c1-11-10-17(7-8-19-11)15(18)12(2)20-14-6-4-3-5-13(14)9-16/h3-6,11-12H,7-8,10H2,1-2H3/t11-,12-/m0/s1. The highest BCUT2D eigenvalue weighted by atomic mass is 16.5. The van der Waals surface area contributed by atoms with Crippen molar-refractivity contribution in [3.63, 3.8) is 0 Å². The van der Waals surface area contributed by atoms with Gasteiger partial charge in [-0.2, -0.15) is 5.26 Å². The lowest BCUT2D eigenvalue weighted by Gasteiger charge is -2.32. The highest BCUT2D eigenvalue weighted by molar-refractivity contribution is 5.81. The van der Waals surface area contributed by atoms with Crippen LogP contribution in [0.15, 0.2) is 24.3 Å². The van der Waals surface area contributed by atoms with E-state index in [2.05, 4.69) is 6.07 Å². The smallest absolute Gasteiger partial charge is 0.263 e. The number of para-hydroxylation sites is 1. The molecule has 0 saturated carbocycles. The lowest BCUT2D eigenvalue weighted by atomic mass is 10.2. The van der Waals surface area contributed by atoms with Crippen molar-refractivity contribution in [1.82, 2.24) is 4.90 Å². The predicted octanol–water partition coefficient (Wildman–Crippen LogP) is 1.57. The summed E-state index contributed by atoms with van der Waals surface area (Å²) in [5.74, 6) is 0.366. The molecule has 1 fully saturated rings. The Morgan fingerprint density at radius 1 is 1.55 bits per heavy atom. The predicted molar refractivity (Wildman–Crippen MR) is 73.2 cm³/mol. The summed E-state index contributed by atoms with van der Waals surface area (Å²) in [6, 6.07) is 8.97. The minimum atomic E-state index is -0.616. The molecule has 2 rings (SSSR count). The molecule has 20 heavy (non-hydrogen) atoms. The van der Waals surface area contributed by atoms with Crippen LogP contribution in [0.3, 0.4) is 0 Å². The molecular weight excluding hydrogens is 256 g/mol. The van der Waals surface area contributed by atoms with Crippen LogP contribution < -0.4 is 4.74 Å². The number of nitriles is 1. The Morgan fingerprint density at radius 3 is 3.00 bits per heavy atom. The van der Waals surface area contributed by atoms with Gasteiger partial charge in [-0.25, -0.2) is 0 Å². The number of nitrogens with zero attached hydrogens (tertiary/aromatic N) is 2. The molecule has 1 aliphatic rings. The molecule has 0 radical (unpaired) electrons. The molecular formula is C15H18N2O3. The molecule has 1 amide bonds. The lowest BCUT2D eigenvalue weighted by molar-refractivity contribution is -0.144. The van der Waals surface area contributed by atoms with Gasteiger partial charge in [0.2, 0.25) is 0 Å². The van der Waals surface area contributed by atoms with Crippen molar-refractivity contribution in [2.24, 2.45) is 0 Å². The van der Waals surface area contributed by atoms with E-state index in [1.54, 1.807) is 36.1 Å². The van der Waals surface area contributed by atoms with Crippen LogP contribution in [0.25, 0.3) is 0 Å². The number of ether oxygens (including phenoxy) is 2. The Labute approximate surface area is 118 Å². The molecule has 5 nitrogen and oxygen atoms in total. The number of hydrogen-bond acceptors (Lipinski definition) is 4. The number of benzene rings is 1. The van der Waals surface area contributed by atoms with Gasteiger partial charge in [-0.1, -0.05) is 12.1 Å². The quantitative estimate of drug-likeness (QED) is 0.839. The second kappa shape index (κ2) is 6.40. The largest absolute Gasteiger partial charge is 0.480 e. The fourth-order valence-electron chi connectivity index (χ4n) is 2.18. The van der Waals surface area contributed by atoms with Gasteiger partial charge >= 0.3 is 0 Å². The van der Waals surface area contributed by atoms with Gasteiger partial charge in [0, 0.05) is 13.1 Å². The van der Waals surface area contributed by atoms with Crippen LogP contribution in [0.2, 0.25) is 0 Å². The molecule has 0 unspecified atom stereocenters. The molecule has 1 aromatic carbocycles. The first kappa shape index (κ1) is 14.4. The lowest BCUT2D eigenvalue weighted by Crippen LogP contribution is -2.49. The number of carbonyl (C=O) groups excluding carboxylic acids is 1. The number of rotatable bonds is 3. The number of amides is 1. The molecule has 0 spiro atoms. The zero-order chi connectivity index (χ0) is 14.5. The molecule has 1 saturated heterocycles. The Kier molecular flexibility index (Phi) is 4.59. The van der Waals surface area contributed by atoms with Crippen LogP contribution in [-0.4, -0.2) is 42.7 Å². The summed E-state index contributed by atoms with van der Waals surface area (Å²) in [7, 11) is 0. The van der Waals surface area contributed by atoms with Gasteiger partial charge in [-0.3, -0.25) is 4.79 Å². The van der Waals surface area contributed by atoms with Gasteiger partial charge in [0.15, 0.2) is 6.10 Å². The third-order valence-corrected chi connectivity index (χ3v) is 3.21. The monoisotopic (exact) mass is 274 g/mol. The van der Waals surface area contributed by atoms with Crippen LogP contribution in [0.4, 0.5) is 0 Å². The van der Waals surface area contributed by atoms with E-state index in [-0.39, 0.29) is 12.0 Å². The molecule has 1 aliphatic heterocycles. The van der Waals surface area contributed by atoms with Crippen LogP contribution in [0.1, 0.15) is 19.4 Å². The van der Waals surface area contributed by atoms with Crippen molar-refractivity contribution in [2.75, 3.05) is 19.7 Å². The first-order valence-electron chi connectivity index (χ1n) is 6.68. The van der Waals surface area contributed by atoms with E-state index in [4.69, 9.17) is 14.7 Å². The molecule has 0 aliphatic carbocycles. The Balaban J connectivity index is 2.02. The molecule has 0 N–H and O–H groups in total. The normalized spacial score (nSPS) is 20.1.